The fourth-order valence-corrected chi connectivity index (χ4v) is 3.45. The molecule has 2 N–H and O–H groups in total. The van der Waals surface area contributed by atoms with E-state index in [0.29, 0.717) is 10.8 Å². The van der Waals surface area contributed by atoms with Gasteiger partial charge in [-0.15, -0.1) is 0 Å². The number of para-hydroxylation sites is 1. The third-order valence-corrected chi connectivity index (χ3v) is 5.04. The number of aromatic nitrogens is 3. The first kappa shape index (κ1) is 20.6. The van der Waals surface area contributed by atoms with Gasteiger partial charge < -0.3 is 19.6 Å². The lowest BCUT2D eigenvalue weighted by atomic mass is 10.0. The number of carbonyl (C=O) groups excluding carboxylic acids is 2. The molecule has 2 aromatic heterocycles. The maximum absolute atomic E-state index is 12.9. The van der Waals surface area contributed by atoms with Gasteiger partial charge in [-0.3, -0.25) is 4.79 Å². The molecule has 0 saturated carbocycles. The summed E-state index contributed by atoms with van der Waals surface area (Å²) in [6.07, 6.45) is 2.04. The van der Waals surface area contributed by atoms with Crippen LogP contribution in [-0.2, 0) is 22.6 Å². The second-order valence-electron chi connectivity index (χ2n) is 6.91. The lowest BCUT2D eigenvalue weighted by Crippen LogP contribution is -2.43. The van der Waals surface area contributed by atoms with E-state index in [1.807, 2.05) is 30.5 Å². The maximum Gasteiger partial charge on any atom is 0.329 e. The lowest BCUT2D eigenvalue weighted by Gasteiger charge is -2.17. The zero-order valence-electron chi connectivity index (χ0n) is 16.6. The Morgan fingerprint density at radius 1 is 1.19 bits per heavy atom. The summed E-state index contributed by atoms with van der Waals surface area (Å²) in [5, 5.41) is 7.66. The smallest absolute Gasteiger partial charge is 0.329 e. The van der Waals surface area contributed by atoms with E-state index < -0.39 is 17.9 Å². The van der Waals surface area contributed by atoms with Crippen molar-refractivity contribution in [2.75, 3.05) is 0 Å². The third-order valence-electron chi connectivity index (χ3n) is 4.71. The van der Waals surface area contributed by atoms with Gasteiger partial charge in [-0.2, -0.15) is 4.98 Å². The van der Waals surface area contributed by atoms with E-state index in [1.54, 1.807) is 31.2 Å². The van der Waals surface area contributed by atoms with Crippen LogP contribution in [0.3, 0.4) is 0 Å². The molecule has 4 rings (SSSR count). The third kappa shape index (κ3) is 4.75. The van der Waals surface area contributed by atoms with Crippen molar-refractivity contribution in [1.29, 1.82) is 0 Å². The van der Waals surface area contributed by atoms with Gasteiger partial charge in [-0.25, -0.2) is 4.79 Å². The van der Waals surface area contributed by atoms with E-state index in [1.165, 1.54) is 0 Å². The monoisotopic (exact) mass is 438 g/mol. The molecule has 0 saturated heterocycles. The van der Waals surface area contributed by atoms with Crippen molar-refractivity contribution in [1.82, 2.24) is 20.4 Å². The molecule has 2 heterocycles. The number of aromatic amines is 1. The highest BCUT2D eigenvalue weighted by Crippen LogP contribution is 2.20. The summed E-state index contributed by atoms with van der Waals surface area (Å²) in [7, 11) is 0. The van der Waals surface area contributed by atoms with Crippen LogP contribution in [0.15, 0.2) is 59.3 Å². The molecule has 2 aromatic carbocycles. The molecule has 0 fully saturated rings. The zero-order valence-corrected chi connectivity index (χ0v) is 17.3. The van der Waals surface area contributed by atoms with Gasteiger partial charge in [0.25, 0.3) is 11.8 Å². The molecule has 31 heavy (non-hydrogen) atoms. The number of carbonyl (C=O) groups is 2. The second-order valence-corrected chi connectivity index (χ2v) is 7.32. The Labute approximate surface area is 182 Å². The maximum atomic E-state index is 12.9. The Morgan fingerprint density at radius 3 is 2.74 bits per heavy atom. The number of rotatable bonds is 7. The Bertz CT molecular complexity index is 1230. The summed E-state index contributed by atoms with van der Waals surface area (Å²) in [6.45, 7) is 1.48. The second kappa shape index (κ2) is 9.01. The summed E-state index contributed by atoms with van der Waals surface area (Å²) in [6, 6.07) is 13.4. The number of H-pyrrole nitrogens is 1. The quantitative estimate of drug-likeness (QED) is 0.426. The van der Waals surface area contributed by atoms with Crippen molar-refractivity contribution in [3.63, 3.8) is 0 Å². The van der Waals surface area contributed by atoms with Crippen LogP contribution in [0, 0.1) is 6.92 Å². The first-order valence-corrected chi connectivity index (χ1v) is 9.95. The first-order chi connectivity index (χ1) is 15.0. The van der Waals surface area contributed by atoms with Crippen LogP contribution in [0.1, 0.15) is 27.6 Å². The largest absolute Gasteiger partial charge is 0.454 e. The Hall–Kier alpha value is -3.65. The van der Waals surface area contributed by atoms with Gasteiger partial charge in [-0.1, -0.05) is 47.1 Å². The number of hydrogen-bond acceptors (Lipinski definition) is 6. The normalized spacial score (nSPS) is 11.9. The number of halogens is 1. The van der Waals surface area contributed by atoms with Crippen molar-refractivity contribution in [3.8, 4) is 0 Å². The van der Waals surface area contributed by atoms with Crippen LogP contribution in [0.25, 0.3) is 10.9 Å². The van der Waals surface area contributed by atoms with E-state index in [4.69, 9.17) is 20.9 Å². The molecule has 0 bridgehead atoms. The topological polar surface area (TPSA) is 110 Å². The summed E-state index contributed by atoms with van der Waals surface area (Å²) >= 11 is 6.14. The number of amides is 1. The molecule has 0 aliphatic heterocycles. The van der Waals surface area contributed by atoms with Crippen molar-refractivity contribution < 1.29 is 18.8 Å². The Morgan fingerprint density at radius 2 is 1.97 bits per heavy atom. The minimum absolute atomic E-state index is 0.175. The van der Waals surface area contributed by atoms with Gasteiger partial charge in [-0.05, 0) is 30.7 Å². The van der Waals surface area contributed by atoms with Crippen LogP contribution >= 0.6 is 11.6 Å². The summed E-state index contributed by atoms with van der Waals surface area (Å²) in [5.41, 5.74) is 2.07. The average molecular weight is 439 g/mol. The van der Waals surface area contributed by atoms with Crippen molar-refractivity contribution in [3.05, 3.63) is 82.6 Å². The van der Waals surface area contributed by atoms with Crippen LogP contribution in [0.5, 0.6) is 0 Å². The molecule has 0 aliphatic carbocycles. The Balaban J connectivity index is 1.55. The van der Waals surface area contributed by atoms with E-state index in [2.05, 4.69) is 20.4 Å². The van der Waals surface area contributed by atoms with Crippen LogP contribution in [0.4, 0.5) is 0 Å². The number of hydrogen-bond donors (Lipinski definition) is 2. The molecule has 4 aromatic rings. The van der Waals surface area contributed by atoms with E-state index in [0.717, 1.165) is 16.5 Å². The predicted octanol–water partition coefficient (Wildman–Crippen LogP) is 3.60. The van der Waals surface area contributed by atoms with Gasteiger partial charge in [0, 0.05) is 23.5 Å². The molecule has 0 radical (unpaired) electrons. The molecule has 1 atom stereocenters. The fraction of sp³-hybridized carbons (Fsp3) is 0.182. The van der Waals surface area contributed by atoms with Gasteiger partial charge in [0.05, 0.1) is 10.6 Å². The molecule has 158 valence electrons. The van der Waals surface area contributed by atoms with Crippen molar-refractivity contribution >= 4 is 34.4 Å². The molecule has 8 nitrogen and oxygen atoms in total. The van der Waals surface area contributed by atoms with E-state index >= 15 is 0 Å². The highest BCUT2D eigenvalue weighted by molar-refractivity contribution is 6.33. The number of benzene rings is 2. The first-order valence-electron chi connectivity index (χ1n) is 9.57. The number of esters is 1. The van der Waals surface area contributed by atoms with Crippen molar-refractivity contribution in [2.24, 2.45) is 0 Å². The minimum atomic E-state index is -0.952. The molecule has 1 amide bonds. The predicted molar refractivity (Wildman–Crippen MR) is 114 cm³/mol. The number of ether oxygens (including phenoxy) is 1. The van der Waals surface area contributed by atoms with Gasteiger partial charge >= 0.3 is 5.97 Å². The van der Waals surface area contributed by atoms with Crippen molar-refractivity contribution in [2.45, 2.75) is 26.0 Å². The summed E-state index contributed by atoms with van der Waals surface area (Å²) < 4.78 is 10.3. The minimum Gasteiger partial charge on any atom is -0.454 e. The number of nitrogens with zero attached hydrogens (tertiary/aromatic N) is 2. The molecule has 0 spiro atoms. The van der Waals surface area contributed by atoms with Gasteiger partial charge in [0.2, 0.25) is 0 Å². The van der Waals surface area contributed by atoms with E-state index in [9.17, 15) is 9.59 Å². The highest BCUT2D eigenvalue weighted by Gasteiger charge is 2.26. The standard InChI is InChI=1S/C22H19ClN4O4/c1-13-25-20(31-27-13)12-30-22(29)19(26-21(28)16-7-2-4-8-17(16)23)10-14-11-24-18-9-5-3-6-15(14)18/h2-9,11,19,24H,10,12H2,1H3,(H,26,28)/t19-/m0/s1. The van der Waals surface area contributed by atoms with Crippen LogP contribution < -0.4 is 5.32 Å². The molecular weight excluding hydrogens is 420 g/mol. The Kier molecular flexibility index (Phi) is 5.99. The molecule has 0 unspecified atom stereocenters. The summed E-state index contributed by atoms with van der Waals surface area (Å²) in [4.78, 5) is 32.8. The fourth-order valence-electron chi connectivity index (χ4n) is 3.23. The van der Waals surface area contributed by atoms with Gasteiger partial charge in [0.15, 0.2) is 12.4 Å². The van der Waals surface area contributed by atoms with E-state index in [-0.39, 0.29) is 24.5 Å². The number of fused-ring (bicyclic) bond motifs is 1. The number of aryl methyl sites for hydroxylation is 1. The van der Waals surface area contributed by atoms with Crippen LogP contribution in [0.2, 0.25) is 5.02 Å². The summed E-state index contributed by atoms with van der Waals surface area (Å²) in [5.74, 6) is -0.481. The average Bonchev–Trinajstić information content (AvgIpc) is 3.38. The molecular formula is C22H19ClN4O4. The molecule has 0 aliphatic rings. The van der Waals surface area contributed by atoms with Gasteiger partial charge in [0.1, 0.15) is 6.04 Å². The SMILES string of the molecule is Cc1noc(COC(=O)[C@H](Cc2c[nH]c3ccccc23)NC(=O)c2ccccc2Cl)n1. The highest BCUT2D eigenvalue weighted by atomic mass is 35.5. The lowest BCUT2D eigenvalue weighted by molar-refractivity contribution is -0.148. The zero-order chi connectivity index (χ0) is 21.8. The number of nitrogens with one attached hydrogen (secondary N) is 2. The van der Waals surface area contributed by atoms with Crippen LogP contribution in [-0.4, -0.2) is 33.0 Å². The molecule has 9 heteroatoms.